The van der Waals surface area contributed by atoms with Gasteiger partial charge in [0.15, 0.2) is 5.82 Å². The third kappa shape index (κ3) is 4.28. The number of thioether (sulfide) groups is 1. The van der Waals surface area contributed by atoms with Gasteiger partial charge in [0.05, 0.1) is 5.25 Å². The molecule has 6 heteroatoms. The zero-order valence-corrected chi connectivity index (χ0v) is 15.0. The topological polar surface area (TPSA) is 59.8 Å². The molecule has 2 aromatic carbocycles. The fraction of sp³-hybridized carbons (Fsp3) is 0.211. The van der Waals surface area contributed by atoms with Gasteiger partial charge in [-0.25, -0.2) is 0 Å². The predicted octanol–water partition coefficient (Wildman–Crippen LogP) is 4.08. The number of amides is 1. The van der Waals surface area contributed by atoms with E-state index in [1.165, 1.54) is 0 Å². The van der Waals surface area contributed by atoms with Crippen molar-refractivity contribution < 1.29 is 4.79 Å². The van der Waals surface area contributed by atoms with Crippen molar-refractivity contribution in [1.82, 2.24) is 14.8 Å². The van der Waals surface area contributed by atoms with Crippen LogP contribution in [0.15, 0.2) is 65.8 Å². The van der Waals surface area contributed by atoms with Crippen LogP contribution in [-0.2, 0) is 11.3 Å². The molecule has 0 saturated carbocycles. The number of aryl methyl sites for hydroxylation is 1. The van der Waals surface area contributed by atoms with Crippen molar-refractivity contribution >= 4 is 23.4 Å². The van der Waals surface area contributed by atoms with Crippen LogP contribution in [0.2, 0.25) is 0 Å². The zero-order chi connectivity index (χ0) is 17.6. The Kier molecular flexibility index (Phi) is 5.50. The Morgan fingerprint density at radius 2 is 2.00 bits per heavy atom. The maximum absolute atomic E-state index is 12.5. The van der Waals surface area contributed by atoms with E-state index in [9.17, 15) is 4.79 Å². The molecule has 1 heterocycles. The van der Waals surface area contributed by atoms with Gasteiger partial charge in [0.25, 0.3) is 0 Å². The number of nitrogens with zero attached hydrogens (tertiary/aromatic N) is 3. The fourth-order valence-corrected chi connectivity index (χ4v) is 3.34. The Labute approximate surface area is 151 Å². The summed E-state index contributed by atoms with van der Waals surface area (Å²) in [6.45, 7) is 4.75. The smallest absolute Gasteiger partial charge is 0.237 e. The number of rotatable bonds is 6. The normalized spacial score (nSPS) is 11.9. The van der Waals surface area contributed by atoms with E-state index in [4.69, 9.17) is 0 Å². The van der Waals surface area contributed by atoms with Crippen LogP contribution in [-0.4, -0.2) is 25.9 Å². The average molecular weight is 352 g/mol. The van der Waals surface area contributed by atoms with Gasteiger partial charge in [-0.05, 0) is 38.1 Å². The van der Waals surface area contributed by atoms with Gasteiger partial charge >= 0.3 is 0 Å². The Morgan fingerprint density at radius 1 is 1.20 bits per heavy atom. The van der Waals surface area contributed by atoms with Crippen molar-refractivity contribution in [2.24, 2.45) is 0 Å². The molecule has 0 aliphatic rings. The van der Waals surface area contributed by atoms with Gasteiger partial charge in [-0.3, -0.25) is 4.79 Å². The lowest BCUT2D eigenvalue weighted by Crippen LogP contribution is -2.22. The molecule has 128 valence electrons. The monoisotopic (exact) mass is 352 g/mol. The summed E-state index contributed by atoms with van der Waals surface area (Å²) in [4.78, 5) is 13.6. The minimum atomic E-state index is -0.189. The minimum absolute atomic E-state index is 0.0250. The summed E-state index contributed by atoms with van der Waals surface area (Å²) >= 11 is 1.54. The number of carbonyl (C=O) groups is 1. The lowest BCUT2D eigenvalue weighted by molar-refractivity contribution is -0.115. The first-order valence-corrected chi connectivity index (χ1v) is 9.06. The van der Waals surface area contributed by atoms with Crippen molar-refractivity contribution in [2.45, 2.75) is 30.5 Å². The van der Waals surface area contributed by atoms with E-state index >= 15 is 0 Å². The van der Waals surface area contributed by atoms with Crippen LogP contribution < -0.4 is 5.32 Å². The number of hydrogen-bond donors (Lipinski definition) is 1. The summed E-state index contributed by atoms with van der Waals surface area (Å²) in [5.41, 5.74) is 1.69. The Morgan fingerprint density at radius 3 is 2.76 bits per heavy atom. The summed E-state index contributed by atoms with van der Waals surface area (Å²) in [7, 11) is 0. The van der Waals surface area contributed by atoms with Crippen LogP contribution >= 0.6 is 11.8 Å². The van der Waals surface area contributed by atoms with Crippen LogP contribution in [0, 0.1) is 0 Å². The zero-order valence-electron chi connectivity index (χ0n) is 14.2. The Balaban J connectivity index is 1.70. The van der Waals surface area contributed by atoms with Gasteiger partial charge in [0.1, 0.15) is 6.33 Å². The van der Waals surface area contributed by atoms with Gasteiger partial charge < -0.3 is 9.88 Å². The van der Waals surface area contributed by atoms with Gasteiger partial charge in [-0.2, -0.15) is 0 Å². The lowest BCUT2D eigenvalue weighted by atomic mass is 10.2. The number of carbonyl (C=O) groups excluding carboxylic acids is 1. The van der Waals surface area contributed by atoms with Gasteiger partial charge in [-0.1, -0.05) is 30.3 Å². The molecule has 1 aromatic heterocycles. The van der Waals surface area contributed by atoms with Gasteiger partial charge in [0.2, 0.25) is 5.91 Å². The van der Waals surface area contributed by atoms with Crippen molar-refractivity contribution in [3.8, 4) is 11.4 Å². The van der Waals surface area contributed by atoms with E-state index in [1.807, 2.05) is 73.0 Å². The summed E-state index contributed by atoms with van der Waals surface area (Å²) in [6.07, 6.45) is 1.71. The first-order valence-electron chi connectivity index (χ1n) is 8.18. The summed E-state index contributed by atoms with van der Waals surface area (Å²) in [6, 6.07) is 17.6. The molecule has 0 aliphatic heterocycles. The predicted molar refractivity (Wildman–Crippen MR) is 102 cm³/mol. The standard InChI is InChI=1S/C19H20N4OS/c1-3-23-13-20-22-18(23)15-8-7-9-16(12-15)21-19(24)14(2)25-17-10-5-4-6-11-17/h4-14H,3H2,1-2H3,(H,21,24). The molecule has 0 spiro atoms. The van der Waals surface area contributed by atoms with Crippen molar-refractivity contribution in [2.75, 3.05) is 5.32 Å². The van der Waals surface area contributed by atoms with Crippen molar-refractivity contribution in [3.05, 3.63) is 60.9 Å². The number of aromatic nitrogens is 3. The van der Waals surface area contributed by atoms with Crippen LogP contribution in [0.25, 0.3) is 11.4 Å². The second kappa shape index (κ2) is 7.98. The maximum Gasteiger partial charge on any atom is 0.237 e. The Hall–Kier alpha value is -2.60. The summed E-state index contributed by atoms with van der Waals surface area (Å²) in [5.74, 6) is 0.772. The van der Waals surface area contributed by atoms with E-state index in [0.29, 0.717) is 0 Å². The van der Waals surface area contributed by atoms with E-state index < -0.39 is 0 Å². The minimum Gasteiger partial charge on any atom is -0.325 e. The highest BCUT2D eigenvalue weighted by Gasteiger charge is 2.15. The molecule has 25 heavy (non-hydrogen) atoms. The van der Waals surface area contributed by atoms with Crippen molar-refractivity contribution in [3.63, 3.8) is 0 Å². The molecule has 3 aromatic rings. The fourth-order valence-electron chi connectivity index (χ4n) is 2.45. The quantitative estimate of drug-likeness (QED) is 0.679. The number of benzene rings is 2. The molecule has 5 nitrogen and oxygen atoms in total. The molecule has 0 saturated heterocycles. The average Bonchev–Trinajstić information content (AvgIpc) is 3.11. The van der Waals surface area contributed by atoms with Crippen molar-refractivity contribution in [1.29, 1.82) is 0 Å². The first kappa shape index (κ1) is 17.2. The molecule has 1 unspecified atom stereocenters. The number of anilines is 1. The molecule has 1 N–H and O–H groups in total. The third-order valence-corrected chi connectivity index (χ3v) is 4.88. The van der Waals surface area contributed by atoms with Gasteiger partial charge in [0, 0.05) is 22.7 Å². The molecule has 0 aliphatic carbocycles. The Bertz CT molecular complexity index is 847. The highest BCUT2D eigenvalue weighted by atomic mass is 32.2. The maximum atomic E-state index is 12.5. The van der Waals surface area contributed by atoms with Crippen LogP contribution in [0.3, 0.4) is 0 Å². The van der Waals surface area contributed by atoms with E-state index in [-0.39, 0.29) is 11.2 Å². The second-order valence-corrected chi connectivity index (χ2v) is 7.00. The van der Waals surface area contributed by atoms with E-state index in [2.05, 4.69) is 15.5 Å². The third-order valence-electron chi connectivity index (χ3n) is 3.77. The molecular weight excluding hydrogens is 332 g/mol. The summed E-state index contributed by atoms with van der Waals surface area (Å²) in [5, 5.41) is 10.9. The second-order valence-electron chi connectivity index (χ2n) is 5.58. The molecule has 1 amide bonds. The molecule has 0 bridgehead atoms. The molecule has 1 atom stereocenters. The molecule has 0 radical (unpaired) electrons. The van der Waals surface area contributed by atoms with E-state index in [1.54, 1.807) is 18.1 Å². The van der Waals surface area contributed by atoms with Gasteiger partial charge in [-0.15, -0.1) is 22.0 Å². The molecule has 0 fully saturated rings. The molecule has 3 rings (SSSR count). The molecular formula is C19H20N4OS. The SMILES string of the molecule is CCn1cnnc1-c1cccc(NC(=O)C(C)Sc2ccccc2)c1. The summed E-state index contributed by atoms with van der Waals surface area (Å²) < 4.78 is 1.97. The first-order chi connectivity index (χ1) is 12.2. The lowest BCUT2D eigenvalue weighted by Gasteiger charge is -2.13. The highest BCUT2D eigenvalue weighted by molar-refractivity contribution is 8.00. The van der Waals surface area contributed by atoms with Crippen LogP contribution in [0.4, 0.5) is 5.69 Å². The number of nitrogens with one attached hydrogen (secondary N) is 1. The number of hydrogen-bond acceptors (Lipinski definition) is 4. The largest absolute Gasteiger partial charge is 0.325 e. The van der Waals surface area contributed by atoms with E-state index in [0.717, 1.165) is 28.5 Å². The highest BCUT2D eigenvalue weighted by Crippen LogP contribution is 2.25. The van der Waals surface area contributed by atoms with Crippen LogP contribution in [0.1, 0.15) is 13.8 Å². The van der Waals surface area contributed by atoms with Crippen LogP contribution in [0.5, 0.6) is 0 Å².